The van der Waals surface area contributed by atoms with E-state index in [1.54, 1.807) is 6.07 Å². The minimum atomic E-state index is -0.543. The highest BCUT2D eigenvalue weighted by molar-refractivity contribution is 5.90. The Morgan fingerprint density at radius 3 is 2.76 bits per heavy atom. The summed E-state index contributed by atoms with van der Waals surface area (Å²) in [6.45, 7) is 9.34. The molecule has 0 bridgehead atoms. The number of fused-ring (bicyclic) bond motifs is 1. The minimum absolute atomic E-state index is 0.0438. The van der Waals surface area contributed by atoms with E-state index in [1.165, 1.54) is 0 Å². The van der Waals surface area contributed by atoms with Gasteiger partial charge in [-0.3, -0.25) is 14.4 Å². The van der Waals surface area contributed by atoms with Gasteiger partial charge in [0.15, 0.2) is 5.76 Å². The van der Waals surface area contributed by atoms with Crippen LogP contribution >= 0.6 is 0 Å². The molecule has 2 aromatic rings. The summed E-state index contributed by atoms with van der Waals surface area (Å²) in [6, 6.07) is 3.72. The van der Waals surface area contributed by atoms with Crippen molar-refractivity contribution in [1.29, 1.82) is 0 Å². The van der Waals surface area contributed by atoms with Gasteiger partial charge < -0.3 is 15.3 Å². The number of aliphatic hydroxyl groups is 1. The Morgan fingerprint density at radius 1 is 1.36 bits per heavy atom. The van der Waals surface area contributed by atoms with Crippen LogP contribution in [0.2, 0.25) is 0 Å². The average Bonchev–Trinajstić information content (AvgIpc) is 3.07. The first-order chi connectivity index (χ1) is 11.8. The van der Waals surface area contributed by atoms with E-state index in [0.717, 1.165) is 43.1 Å². The molecular weight excluding hydrogens is 320 g/mol. The Labute approximate surface area is 147 Å². The van der Waals surface area contributed by atoms with Gasteiger partial charge >= 0.3 is 0 Å². The van der Waals surface area contributed by atoms with E-state index >= 15 is 0 Å². The van der Waals surface area contributed by atoms with Crippen molar-refractivity contribution >= 4 is 5.91 Å². The van der Waals surface area contributed by atoms with Crippen LogP contribution in [0.25, 0.3) is 0 Å². The van der Waals surface area contributed by atoms with Crippen molar-refractivity contribution in [3.05, 3.63) is 40.6 Å². The molecule has 0 unspecified atom stereocenters. The topological polar surface area (TPSA) is 97.5 Å². The number of furan rings is 1. The number of carbonyl (C=O) groups excluding carboxylic acids is 1. The number of rotatable bonds is 4. The molecule has 3 heterocycles. The molecule has 136 valence electrons. The van der Waals surface area contributed by atoms with Gasteiger partial charge in [0.2, 0.25) is 0 Å². The van der Waals surface area contributed by atoms with Crippen LogP contribution in [0, 0.1) is 0 Å². The van der Waals surface area contributed by atoms with Crippen molar-refractivity contribution in [3.8, 4) is 0 Å². The molecule has 1 amide bonds. The van der Waals surface area contributed by atoms with Gasteiger partial charge in [0.1, 0.15) is 5.76 Å². The molecule has 7 nitrogen and oxygen atoms in total. The molecule has 0 saturated heterocycles. The lowest BCUT2D eigenvalue weighted by atomic mass is 9.90. The van der Waals surface area contributed by atoms with Crippen molar-refractivity contribution in [2.75, 3.05) is 6.54 Å². The van der Waals surface area contributed by atoms with Gasteiger partial charge in [0, 0.05) is 37.2 Å². The van der Waals surface area contributed by atoms with Crippen molar-refractivity contribution in [1.82, 2.24) is 14.7 Å². The molecule has 0 aromatic carbocycles. The van der Waals surface area contributed by atoms with Crippen LogP contribution < -0.4 is 5.73 Å². The summed E-state index contributed by atoms with van der Waals surface area (Å²) >= 11 is 0. The van der Waals surface area contributed by atoms with Crippen LogP contribution in [0.1, 0.15) is 60.5 Å². The summed E-state index contributed by atoms with van der Waals surface area (Å²) in [5, 5.41) is 13.7. The van der Waals surface area contributed by atoms with Gasteiger partial charge in [-0.1, -0.05) is 20.8 Å². The summed E-state index contributed by atoms with van der Waals surface area (Å²) in [6.07, 6.45) is 0.977. The van der Waals surface area contributed by atoms with E-state index in [0.29, 0.717) is 12.2 Å². The number of hydrogen-bond acceptors (Lipinski definition) is 5. The van der Waals surface area contributed by atoms with Crippen LogP contribution in [-0.2, 0) is 31.7 Å². The van der Waals surface area contributed by atoms with Crippen LogP contribution in [0.4, 0.5) is 0 Å². The highest BCUT2D eigenvalue weighted by atomic mass is 16.4. The molecule has 0 atom stereocenters. The normalized spacial score (nSPS) is 15.8. The van der Waals surface area contributed by atoms with E-state index in [9.17, 15) is 9.90 Å². The predicted molar refractivity (Wildman–Crippen MR) is 92.8 cm³/mol. The van der Waals surface area contributed by atoms with Gasteiger partial charge in [0.25, 0.3) is 5.91 Å². The van der Waals surface area contributed by atoms with Crippen LogP contribution in [0.5, 0.6) is 0 Å². The molecule has 0 radical (unpaired) electrons. The molecule has 0 spiro atoms. The lowest BCUT2D eigenvalue weighted by molar-refractivity contribution is 0.0970. The van der Waals surface area contributed by atoms with Crippen LogP contribution in [0.15, 0.2) is 16.5 Å². The second kappa shape index (κ2) is 6.65. The largest absolute Gasteiger partial charge is 0.455 e. The number of aryl methyl sites for hydroxylation is 1. The van der Waals surface area contributed by atoms with E-state index in [2.05, 4.69) is 30.8 Å². The molecule has 3 rings (SSSR count). The SMILES string of the molecule is CC(C)(C)c1oc(C(N)=O)cc1CN1CCCn2nc(CO)cc2C1. The number of hydrogen-bond donors (Lipinski definition) is 2. The number of aromatic nitrogens is 2. The van der Waals surface area contributed by atoms with E-state index in [-0.39, 0.29) is 17.8 Å². The second-order valence-corrected chi connectivity index (χ2v) is 7.65. The van der Waals surface area contributed by atoms with Gasteiger partial charge in [-0.05, 0) is 18.6 Å². The lowest BCUT2D eigenvalue weighted by Gasteiger charge is -2.22. The molecule has 0 saturated carbocycles. The molecule has 7 heteroatoms. The summed E-state index contributed by atoms with van der Waals surface area (Å²) in [7, 11) is 0. The Balaban J connectivity index is 1.85. The number of nitrogens with zero attached hydrogens (tertiary/aromatic N) is 3. The second-order valence-electron chi connectivity index (χ2n) is 7.65. The number of primary amides is 1. The average molecular weight is 346 g/mol. The number of carbonyl (C=O) groups is 1. The third kappa shape index (κ3) is 3.77. The third-order valence-electron chi connectivity index (χ3n) is 4.43. The fourth-order valence-electron chi connectivity index (χ4n) is 3.34. The van der Waals surface area contributed by atoms with E-state index < -0.39 is 5.91 Å². The number of aliphatic hydroxyl groups excluding tert-OH is 1. The lowest BCUT2D eigenvalue weighted by Crippen LogP contribution is -2.24. The zero-order valence-corrected chi connectivity index (χ0v) is 15.1. The molecule has 2 aromatic heterocycles. The molecule has 3 N–H and O–H groups in total. The summed E-state index contributed by atoms with van der Waals surface area (Å²) in [5.74, 6) is 0.468. The summed E-state index contributed by atoms with van der Waals surface area (Å²) in [5.41, 5.74) is 7.98. The Bertz CT molecular complexity index is 770. The monoisotopic (exact) mass is 346 g/mol. The zero-order valence-electron chi connectivity index (χ0n) is 15.1. The molecule has 1 aliphatic heterocycles. The Morgan fingerprint density at radius 2 is 2.12 bits per heavy atom. The molecule has 1 aliphatic rings. The number of amides is 1. The van der Waals surface area contributed by atoms with E-state index in [1.807, 2.05) is 10.7 Å². The van der Waals surface area contributed by atoms with Crippen molar-refractivity contribution in [2.24, 2.45) is 5.73 Å². The maximum Gasteiger partial charge on any atom is 0.284 e. The zero-order chi connectivity index (χ0) is 18.2. The van der Waals surface area contributed by atoms with E-state index in [4.69, 9.17) is 10.2 Å². The Kier molecular flexibility index (Phi) is 4.71. The third-order valence-corrected chi connectivity index (χ3v) is 4.43. The van der Waals surface area contributed by atoms with Gasteiger partial charge in [0.05, 0.1) is 18.0 Å². The maximum atomic E-state index is 11.5. The maximum absolute atomic E-state index is 11.5. The quantitative estimate of drug-likeness (QED) is 0.879. The fourth-order valence-corrected chi connectivity index (χ4v) is 3.34. The van der Waals surface area contributed by atoms with Gasteiger partial charge in [-0.15, -0.1) is 0 Å². The fraction of sp³-hybridized carbons (Fsp3) is 0.556. The van der Waals surface area contributed by atoms with Crippen LogP contribution in [-0.4, -0.2) is 32.2 Å². The standard InChI is InChI=1S/C18H26N4O3/c1-18(2,3)16-12(7-15(25-16)17(19)24)9-21-5-4-6-22-14(10-21)8-13(11-23)20-22/h7-8,23H,4-6,9-11H2,1-3H3,(H2,19,24). The summed E-state index contributed by atoms with van der Waals surface area (Å²) < 4.78 is 7.73. The number of nitrogens with two attached hydrogens (primary N) is 1. The molecule has 0 fully saturated rings. The molecular formula is C18H26N4O3. The van der Waals surface area contributed by atoms with Crippen molar-refractivity contribution in [3.63, 3.8) is 0 Å². The highest BCUT2D eigenvalue weighted by Crippen LogP contribution is 2.30. The predicted octanol–water partition coefficient (Wildman–Crippen LogP) is 1.77. The first-order valence-electron chi connectivity index (χ1n) is 8.59. The van der Waals surface area contributed by atoms with Crippen molar-refractivity contribution < 1.29 is 14.3 Å². The van der Waals surface area contributed by atoms with Gasteiger partial charge in [-0.2, -0.15) is 5.10 Å². The molecule has 0 aliphatic carbocycles. The van der Waals surface area contributed by atoms with Crippen molar-refractivity contribution in [2.45, 2.75) is 58.8 Å². The summed E-state index contributed by atoms with van der Waals surface area (Å²) in [4.78, 5) is 13.8. The van der Waals surface area contributed by atoms with Crippen LogP contribution in [0.3, 0.4) is 0 Å². The molecule has 25 heavy (non-hydrogen) atoms. The smallest absolute Gasteiger partial charge is 0.284 e. The first kappa shape index (κ1) is 17.7. The first-order valence-corrected chi connectivity index (χ1v) is 8.59. The Hall–Kier alpha value is -2.12. The van der Waals surface area contributed by atoms with Gasteiger partial charge in [-0.25, -0.2) is 0 Å². The minimum Gasteiger partial charge on any atom is -0.455 e. The highest BCUT2D eigenvalue weighted by Gasteiger charge is 2.27.